The quantitative estimate of drug-likeness (QED) is 0.593. The maximum atomic E-state index is 11.9. The Hall–Kier alpha value is -2.41. The fourth-order valence-electron chi connectivity index (χ4n) is 1.70. The predicted molar refractivity (Wildman–Crippen MR) is 68.9 cm³/mol. The summed E-state index contributed by atoms with van der Waals surface area (Å²) in [5.74, 6) is -1.12. The Balaban J connectivity index is 2.05. The fraction of sp³-hybridized carbons (Fsp3) is 0.308. The van der Waals surface area contributed by atoms with Crippen molar-refractivity contribution in [2.24, 2.45) is 0 Å². The number of carbonyl (C=O) groups is 2. The van der Waals surface area contributed by atoms with E-state index in [1.165, 1.54) is 18.7 Å². The number of furan rings is 1. The van der Waals surface area contributed by atoms with Gasteiger partial charge in [-0.15, -0.1) is 0 Å². The first kappa shape index (κ1) is 14.0. The minimum Gasteiger partial charge on any atom is -0.467 e. The zero-order valence-corrected chi connectivity index (χ0v) is 10.9. The Labute approximate surface area is 115 Å². The van der Waals surface area contributed by atoms with Crippen molar-refractivity contribution in [1.29, 1.82) is 0 Å². The summed E-state index contributed by atoms with van der Waals surface area (Å²) >= 11 is 0. The summed E-state index contributed by atoms with van der Waals surface area (Å²) in [7, 11) is 0. The highest BCUT2D eigenvalue weighted by atomic mass is 16.3. The second kappa shape index (κ2) is 6.16. The molecule has 2 N–H and O–H groups in total. The van der Waals surface area contributed by atoms with Crippen molar-refractivity contribution < 1.29 is 19.1 Å². The molecule has 2 rings (SSSR count). The molecule has 1 amide bonds. The van der Waals surface area contributed by atoms with Gasteiger partial charge in [-0.2, -0.15) is 5.10 Å². The van der Waals surface area contributed by atoms with Gasteiger partial charge in [0.15, 0.2) is 0 Å². The molecule has 0 aliphatic carbocycles. The number of aromatic nitrogens is 2. The van der Waals surface area contributed by atoms with Crippen LogP contribution in [0.15, 0.2) is 35.2 Å². The van der Waals surface area contributed by atoms with Crippen LogP contribution in [0.3, 0.4) is 0 Å². The summed E-state index contributed by atoms with van der Waals surface area (Å²) in [4.78, 5) is 23.8. The summed E-state index contributed by atoms with van der Waals surface area (Å²) in [5.41, 5.74) is 0.209. The number of aliphatic hydroxyl groups is 1. The number of carbonyl (C=O) groups excluding carboxylic acids is 2. The van der Waals surface area contributed by atoms with Gasteiger partial charge in [0, 0.05) is 12.7 Å². The van der Waals surface area contributed by atoms with E-state index in [1.54, 1.807) is 16.8 Å². The predicted octanol–water partition coefficient (Wildman–Crippen LogP) is 0.528. The van der Waals surface area contributed by atoms with Crippen LogP contribution in [0.1, 0.15) is 29.1 Å². The van der Waals surface area contributed by atoms with Crippen LogP contribution in [0.25, 0.3) is 0 Å². The largest absolute Gasteiger partial charge is 0.467 e. The highest BCUT2D eigenvalue weighted by Gasteiger charge is 2.23. The van der Waals surface area contributed by atoms with Crippen LogP contribution in [0, 0.1) is 0 Å². The minimum absolute atomic E-state index is 0.209. The first-order chi connectivity index (χ1) is 9.65. The summed E-state index contributed by atoms with van der Waals surface area (Å²) in [5, 5.41) is 15.6. The number of nitrogens with zero attached hydrogens (tertiary/aromatic N) is 2. The van der Waals surface area contributed by atoms with Crippen molar-refractivity contribution >= 4 is 11.7 Å². The average Bonchev–Trinajstić information content (AvgIpc) is 3.14. The Bertz CT molecular complexity index is 589. The molecule has 7 nitrogen and oxygen atoms in total. The molecule has 0 saturated heterocycles. The summed E-state index contributed by atoms with van der Waals surface area (Å²) < 4.78 is 6.64. The molecule has 0 radical (unpaired) electrons. The van der Waals surface area contributed by atoms with E-state index in [0.29, 0.717) is 12.3 Å². The van der Waals surface area contributed by atoms with Gasteiger partial charge in [0.2, 0.25) is 0 Å². The monoisotopic (exact) mass is 277 g/mol. The number of aliphatic hydroxyl groups excluding tert-OH is 1. The van der Waals surface area contributed by atoms with Crippen molar-refractivity contribution in [2.45, 2.75) is 19.5 Å². The number of Topliss-reactive ketones (excluding diaryl/α,β-unsaturated/α-hetero) is 1. The number of amides is 1. The Morgan fingerprint density at radius 1 is 1.55 bits per heavy atom. The van der Waals surface area contributed by atoms with Crippen LogP contribution in [0.4, 0.5) is 0 Å². The third-order valence-electron chi connectivity index (χ3n) is 2.80. The lowest BCUT2D eigenvalue weighted by atomic mass is 10.2. The zero-order valence-electron chi connectivity index (χ0n) is 10.9. The molecule has 0 fully saturated rings. The zero-order chi connectivity index (χ0) is 14.5. The summed E-state index contributed by atoms with van der Waals surface area (Å²) in [6, 6.07) is 2.50. The maximum absolute atomic E-state index is 11.9. The molecule has 1 atom stereocenters. The lowest BCUT2D eigenvalue weighted by Crippen LogP contribution is -2.35. The third kappa shape index (κ3) is 2.94. The van der Waals surface area contributed by atoms with Crippen LogP contribution in [0.5, 0.6) is 0 Å². The summed E-state index contributed by atoms with van der Waals surface area (Å²) in [6.45, 7) is 2.13. The van der Waals surface area contributed by atoms with Crippen LogP contribution >= 0.6 is 0 Å². The van der Waals surface area contributed by atoms with Crippen LogP contribution in [-0.4, -0.2) is 33.2 Å². The van der Waals surface area contributed by atoms with Gasteiger partial charge in [-0.1, -0.05) is 0 Å². The van der Waals surface area contributed by atoms with Gasteiger partial charge in [0.05, 0.1) is 24.6 Å². The molecule has 0 aliphatic heterocycles. The van der Waals surface area contributed by atoms with E-state index in [0.717, 1.165) is 0 Å². The fourth-order valence-corrected chi connectivity index (χ4v) is 1.70. The molecule has 0 spiro atoms. The molecule has 2 heterocycles. The lowest BCUT2D eigenvalue weighted by Gasteiger charge is -2.12. The van der Waals surface area contributed by atoms with E-state index in [2.05, 4.69) is 10.4 Å². The van der Waals surface area contributed by atoms with Gasteiger partial charge in [-0.05, 0) is 19.1 Å². The van der Waals surface area contributed by atoms with Crippen LogP contribution in [0.2, 0.25) is 0 Å². The molecule has 7 heteroatoms. The van der Waals surface area contributed by atoms with E-state index in [4.69, 9.17) is 4.42 Å². The van der Waals surface area contributed by atoms with Crippen molar-refractivity contribution in [3.8, 4) is 0 Å². The maximum Gasteiger partial charge on any atom is 0.293 e. The molecule has 0 aliphatic rings. The number of nitrogens with one attached hydrogen (secondary N) is 1. The van der Waals surface area contributed by atoms with E-state index >= 15 is 0 Å². The molecular weight excluding hydrogens is 262 g/mol. The van der Waals surface area contributed by atoms with Gasteiger partial charge in [0.25, 0.3) is 11.7 Å². The van der Waals surface area contributed by atoms with Crippen molar-refractivity contribution in [2.75, 3.05) is 6.61 Å². The van der Waals surface area contributed by atoms with Gasteiger partial charge >= 0.3 is 0 Å². The lowest BCUT2D eigenvalue weighted by molar-refractivity contribution is -0.118. The highest BCUT2D eigenvalue weighted by molar-refractivity contribution is 6.42. The molecule has 1 unspecified atom stereocenters. The number of hydrogen-bond acceptors (Lipinski definition) is 5. The summed E-state index contributed by atoms with van der Waals surface area (Å²) in [6.07, 6.45) is 4.27. The van der Waals surface area contributed by atoms with E-state index in [9.17, 15) is 14.7 Å². The number of ketones is 1. The van der Waals surface area contributed by atoms with Crippen molar-refractivity contribution in [3.63, 3.8) is 0 Å². The molecule has 2 aromatic rings. The van der Waals surface area contributed by atoms with Crippen LogP contribution in [-0.2, 0) is 11.3 Å². The Kier molecular flexibility index (Phi) is 4.31. The number of rotatable bonds is 6. The van der Waals surface area contributed by atoms with Crippen molar-refractivity contribution in [1.82, 2.24) is 15.1 Å². The van der Waals surface area contributed by atoms with Crippen LogP contribution < -0.4 is 5.32 Å². The molecule has 20 heavy (non-hydrogen) atoms. The SMILES string of the molecule is CCn1cc(C(=O)C(=O)NC(CO)c2ccco2)cn1. The minimum atomic E-state index is -0.809. The molecule has 106 valence electrons. The van der Waals surface area contributed by atoms with Crippen molar-refractivity contribution in [3.05, 3.63) is 42.1 Å². The van der Waals surface area contributed by atoms with E-state index in [1.807, 2.05) is 6.92 Å². The smallest absolute Gasteiger partial charge is 0.293 e. The Morgan fingerprint density at radius 2 is 2.35 bits per heavy atom. The number of hydrogen-bond donors (Lipinski definition) is 2. The van der Waals surface area contributed by atoms with Gasteiger partial charge in [-0.25, -0.2) is 0 Å². The topological polar surface area (TPSA) is 97.4 Å². The molecule has 0 saturated carbocycles. The van der Waals surface area contributed by atoms with Gasteiger partial charge in [-0.3, -0.25) is 14.3 Å². The second-order valence-electron chi connectivity index (χ2n) is 4.14. The van der Waals surface area contributed by atoms with Gasteiger partial charge in [0.1, 0.15) is 11.8 Å². The average molecular weight is 277 g/mol. The van der Waals surface area contributed by atoms with Gasteiger partial charge < -0.3 is 14.8 Å². The number of aryl methyl sites for hydroxylation is 1. The molecule has 2 aromatic heterocycles. The third-order valence-corrected chi connectivity index (χ3v) is 2.80. The highest BCUT2D eigenvalue weighted by Crippen LogP contribution is 2.13. The molecule has 0 bridgehead atoms. The van der Waals surface area contributed by atoms with E-state index < -0.39 is 17.7 Å². The standard InChI is InChI=1S/C13H15N3O4/c1-2-16-7-9(6-14-16)12(18)13(19)15-10(8-17)11-4-3-5-20-11/h3-7,10,17H,2,8H2,1H3,(H,15,19). The normalized spacial score (nSPS) is 12.1. The van der Waals surface area contributed by atoms with E-state index in [-0.39, 0.29) is 12.2 Å². The second-order valence-corrected chi connectivity index (χ2v) is 4.14. The molecule has 0 aromatic carbocycles. The first-order valence-electron chi connectivity index (χ1n) is 6.17. The Morgan fingerprint density at radius 3 is 2.90 bits per heavy atom. The molecular formula is C13H15N3O4. The first-order valence-corrected chi connectivity index (χ1v) is 6.17.